The summed E-state index contributed by atoms with van der Waals surface area (Å²) in [5.41, 5.74) is 5.06. The summed E-state index contributed by atoms with van der Waals surface area (Å²) in [7, 11) is 0. The van der Waals surface area contributed by atoms with E-state index in [4.69, 9.17) is 16.0 Å². The highest BCUT2D eigenvalue weighted by molar-refractivity contribution is 6.30. The van der Waals surface area contributed by atoms with Crippen molar-refractivity contribution in [2.24, 2.45) is 0 Å². The second-order valence-electron chi connectivity index (χ2n) is 6.64. The zero-order valence-electron chi connectivity index (χ0n) is 14.9. The highest BCUT2D eigenvalue weighted by Gasteiger charge is 2.16. The molecule has 2 nitrogen and oxygen atoms in total. The smallest absolute Gasteiger partial charge is 0.135 e. The molecule has 1 N–H and O–H groups in total. The first-order chi connectivity index (χ1) is 13.1. The van der Waals surface area contributed by atoms with E-state index in [0.717, 1.165) is 33.4 Å². The van der Waals surface area contributed by atoms with Crippen molar-refractivity contribution in [2.45, 2.75) is 20.0 Å². The topological polar surface area (TPSA) is 25.2 Å². The van der Waals surface area contributed by atoms with Gasteiger partial charge in [-0.3, -0.25) is 0 Å². The molecule has 0 amide bonds. The van der Waals surface area contributed by atoms with Crippen LogP contribution in [0.2, 0.25) is 5.02 Å². The Hall–Kier alpha value is -2.62. The molecule has 3 aromatic carbocycles. The third-order valence-corrected chi connectivity index (χ3v) is 4.80. The number of halogens is 2. The van der Waals surface area contributed by atoms with Crippen LogP contribution in [0.5, 0.6) is 0 Å². The largest absolute Gasteiger partial charge is 0.459 e. The number of hydrogen-bond acceptors (Lipinski definition) is 2. The Kier molecular flexibility index (Phi) is 4.97. The van der Waals surface area contributed by atoms with Crippen LogP contribution in [0.1, 0.15) is 16.9 Å². The van der Waals surface area contributed by atoms with Crippen molar-refractivity contribution in [3.63, 3.8) is 0 Å². The maximum atomic E-state index is 13.4. The average Bonchev–Trinajstić information content (AvgIpc) is 3.00. The van der Waals surface area contributed by atoms with Gasteiger partial charge in [0.15, 0.2) is 0 Å². The molecule has 0 saturated heterocycles. The zero-order valence-corrected chi connectivity index (χ0v) is 15.7. The first-order valence-corrected chi connectivity index (χ1v) is 9.21. The minimum absolute atomic E-state index is 0.227. The minimum Gasteiger partial charge on any atom is -0.459 e. The number of rotatable bonds is 5. The summed E-state index contributed by atoms with van der Waals surface area (Å²) < 4.78 is 19.5. The molecule has 0 aliphatic carbocycles. The molecule has 4 aromatic rings. The Morgan fingerprint density at radius 1 is 0.963 bits per heavy atom. The fraction of sp³-hybridized carbons (Fsp3) is 0.130. The molecular formula is C23H19ClFNO. The lowest BCUT2D eigenvalue weighted by atomic mass is 10.0. The Balaban J connectivity index is 1.67. The fourth-order valence-corrected chi connectivity index (χ4v) is 3.41. The molecule has 0 bridgehead atoms. The number of fused-ring (bicyclic) bond motifs is 1. The Morgan fingerprint density at radius 3 is 2.56 bits per heavy atom. The van der Waals surface area contributed by atoms with Gasteiger partial charge in [0.1, 0.15) is 17.2 Å². The average molecular weight is 380 g/mol. The molecule has 0 unspecified atom stereocenters. The van der Waals surface area contributed by atoms with E-state index >= 15 is 0 Å². The lowest BCUT2D eigenvalue weighted by molar-refractivity contribution is 0.514. The summed E-state index contributed by atoms with van der Waals surface area (Å²) >= 11 is 6.05. The van der Waals surface area contributed by atoms with Crippen molar-refractivity contribution in [2.75, 3.05) is 0 Å². The van der Waals surface area contributed by atoms with Gasteiger partial charge in [0.05, 0.1) is 6.54 Å². The van der Waals surface area contributed by atoms with Crippen LogP contribution in [0.15, 0.2) is 71.1 Å². The maximum Gasteiger partial charge on any atom is 0.135 e. The van der Waals surface area contributed by atoms with E-state index in [1.54, 1.807) is 6.07 Å². The summed E-state index contributed by atoms with van der Waals surface area (Å²) in [5.74, 6) is 0.629. The molecule has 0 radical (unpaired) electrons. The van der Waals surface area contributed by atoms with Crippen molar-refractivity contribution in [3.05, 3.63) is 94.5 Å². The molecule has 4 heteroatoms. The van der Waals surface area contributed by atoms with Gasteiger partial charge in [0.25, 0.3) is 0 Å². The molecule has 136 valence electrons. The van der Waals surface area contributed by atoms with E-state index in [0.29, 0.717) is 18.1 Å². The molecule has 0 aliphatic rings. The van der Waals surface area contributed by atoms with Crippen LogP contribution >= 0.6 is 11.6 Å². The summed E-state index contributed by atoms with van der Waals surface area (Å²) in [4.78, 5) is 0. The van der Waals surface area contributed by atoms with Gasteiger partial charge in [-0.25, -0.2) is 4.39 Å². The minimum atomic E-state index is -0.227. The molecule has 0 atom stereocenters. The number of benzene rings is 3. The van der Waals surface area contributed by atoms with E-state index in [2.05, 4.69) is 18.3 Å². The quantitative estimate of drug-likeness (QED) is 0.428. The first-order valence-electron chi connectivity index (χ1n) is 8.83. The highest BCUT2D eigenvalue weighted by Crippen LogP contribution is 2.36. The van der Waals surface area contributed by atoms with Crippen molar-refractivity contribution in [1.82, 2.24) is 5.32 Å². The predicted octanol–water partition coefficient (Wildman–Crippen LogP) is 6.49. The van der Waals surface area contributed by atoms with Crippen LogP contribution in [-0.4, -0.2) is 0 Å². The van der Waals surface area contributed by atoms with Crippen molar-refractivity contribution >= 4 is 22.6 Å². The Morgan fingerprint density at radius 2 is 1.78 bits per heavy atom. The molecule has 4 rings (SSSR count). The molecular weight excluding hydrogens is 361 g/mol. The number of nitrogens with one attached hydrogen (secondary N) is 1. The Labute approximate surface area is 162 Å². The monoisotopic (exact) mass is 379 g/mol. The van der Waals surface area contributed by atoms with Crippen LogP contribution in [0.4, 0.5) is 4.39 Å². The van der Waals surface area contributed by atoms with Crippen molar-refractivity contribution in [3.8, 4) is 11.1 Å². The molecule has 0 spiro atoms. The third-order valence-electron chi connectivity index (χ3n) is 4.55. The summed E-state index contributed by atoms with van der Waals surface area (Å²) in [6, 6.07) is 20.6. The van der Waals surface area contributed by atoms with E-state index in [-0.39, 0.29) is 5.82 Å². The summed E-state index contributed by atoms with van der Waals surface area (Å²) in [6.07, 6.45) is 0. The van der Waals surface area contributed by atoms with Gasteiger partial charge in [0.2, 0.25) is 0 Å². The van der Waals surface area contributed by atoms with Crippen LogP contribution in [0.3, 0.4) is 0 Å². The Bertz CT molecular complexity index is 1090. The lowest BCUT2D eigenvalue weighted by Crippen LogP contribution is -2.12. The van der Waals surface area contributed by atoms with Crippen LogP contribution in [-0.2, 0) is 13.1 Å². The lowest BCUT2D eigenvalue weighted by Gasteiger charge is -2.07. The van der Waals surface area contributed by atoms with E-state index in [9.17, 15) is 4.39 Å². The SMILES string of the molecule is Cc1ccc2oc(CNCc3cccc(F)c3)c(-c3ccc(Cl)cc3)c2c1. The molecule has 27 heavy (non-hydrogen) atoms. The molecule has 0 aliphatic heterocycles. The zero-order chi connectivity index (χ0) is 18.8. The normalized spacial score (nSPS) is 11.2. The standard InChI is InChI=1S/C23H19ClFNO/c1-15-5-10-21-20(11-15)23(17-6-8-18(24)9-7-17)22(27-21)14-26-13-16-3-2-4-19(25)12-16/h2-12,26H,13-14H2,1H3. The van der Waals surface area contributed by atoms with Crippen LogP contribution in [0, 0.1) is 12.7 Å². The molecule has 1 aromatic heterocycles. The predicted molar refractivity (Wildman–Crippen MR) is 108 cm³/mol. The summed E-state index contributed by atoms with van der Waals surface area (Å²) in [5, 5.41) is 5.14. The molecule has 1 heterocycles. The van der Waals surface area contributed by atoms with Crippen LogP contribution in [0.25, 0.3) is 22.1 Å². The van der Waals surface area contributed by atoms with Gasteiger partial charge < -0.3 is 9.73 Å². The van der Waals surface area contributed by atoms with E-state index in [1.807, 2.05) is 42.5 Å². The van der Waals surface area contributed by atoms with Gasteiger partial charge >= 0.3 is 0 Å². The van der Waals surface area contributed by atoms with Gasteiger partial charge in [-0.2, -0.15) is 0 Å². The highest BCUT2D eigenvalue weighted by atomic mass is 35.5. The van der Waals surface area contributed by atoms with Crippen LogP contribution < -0.4 is 5.32 Å². The molecule has 0 fully saturated rings. The van der Waals surface area contributed by atoms with E-state index in [1.165, 1.54) is 17.7 Å². The maximum absolute atomic E-state index is 13.4. The van der Waals surface area contributed by atoms with Crippen molar-refractivity contribution < 1.29 is 8.81 Å². The third kappa shape index (κ3) is 3.90. The second-order valence-corrected chi connectivity index (χ2v) is 7.08. The number of furan rings is 1. The number of aryl methyl sites for hydroxylation is 1. The number of hydrogen-bond donors (Lipinski definition) is 1. The van der Waals surface area contributed by atoms with Gasteiger partial charge in [-0.05, 0) is 54.4 Å². The van der Waals surface area contributed by atoms with Gasteiger partial charge in [-0.1, -0.05) is 47.5 Å². The summed E-state index contributed by atoms with van der Waals surface area (Å²) in [6.45, 7) is 3.18. The van der Waals surface area contributed by atoms with E-state index < -0.39 is 0 Å². The van der Waals surface area contributed by atoms with Gasteiger partial charge in [0, 0.05) is 22.5 Å². The second kappa shape index (κ2) is 7.55. The van der Waals surface area contributed by atoms with Gasteiger partial charge in [-0.15, -0.1) is 0 Å². The van der Waals surface area contributed by atoms with Crippen molar-refractivity contribution in [1.29, 1.82) is 0 Å². The fourth-order valence-electron chi connectivity index (χ4n) is 3.29. The molecule has 0 saturated carbocycles. The first kappa shape index (κ1) is 17.8.